The topological polar surface area (TPSA) is 74.6 Å². The standard InChI is InChI=1S/C8H16O2.C4H8O2/c1-2-3-4-5-6-7-8(9)10;1-3(2)4(5)6/h2-7H2,1H3,(H,9,10);3H,1-2H3,(H,5,6). The zero-order chi connectivity index (χ0) is 13.0. The Kier molecular flexibility index (Phi) is 13.0. The minimum Gasteiger partial charge on any atom is -0.481 e. The van der Waals surface area contributed by atoms with Gasteiger partial charge in [-0.15, -0.1) is 0 Å². The van der Waals surface area contributed by atoms with Crippen LogP contribution in [0.25, 0.3) is 0 Å². The minimum atomic E-state index is -0.741. The van der Waals surface area contributed by atoms with Gasteiger partial charge in [-0.05, 0) is 6.42 Å². The first kappa shape index (κ1) is 17.3. The van der Waals surface area contributed by atoms with Gasteiger partial charge in [-0.2, -0.15) is 0 Å². The van der Waals surface area contributed by atoms with Crippen LogP contribution < -0.4 is 0 Å². The predicted molar refractivity (Wildman–Crippen MR) is 63.5 cm³/mol. The van der Waals surface area contributed by atoms with Gasteiger partial charge in [0.1, 0.15) is 0 Å². The number of carbonyl (C=O) groups is 2. The smallest absolute Gasteiger partial charge is 0.305 e. The Hall–Kier alpha value is -1.06. The molecular formula is C12H24O4. The molecule has 4 heteroatoms. The summed E-state index contributed by atoms with van der Waals surface area (Å²) in [6.07, 6.45) is 5.88. The van der Waals surface area contributed by atoms with Crippen molar-refractivity contribution in [3.05, 3.63) is 0 Å². The summed E-state index contributed by atoms with van der Waals surface area (Å²) in [4.78, 5) is 19.7. The van der Waals surface area contributed by atoms with Gasteiger partial charge in [0, 0.05) is 6.42 Å². The maximum absolute atomic E-state index is 10.0. The molecule has 0 aliphatic rings. The lowest BCUT2D eigenvalue weighted by Crippen LogP contribution is -2.03. The molecule has 4 nitrogen and oxygen atoms in total. The van der Waals surface area contributed by atoms with Crippen molar-refractivity contribution in [2.24, 2.45) is 5.92 Å². The van der Waals surface area contributed by atoms with E-state index < -0.39 is 11.9 Å². The van der Waals surface area contributed by atoms with E-state index in [0.717, 1.165) is 12.8 Å². The van der Waals surface area contributed by atoms with E-state index in [1.807, 2.05) is 0 Å². The maximum atomic E-state index is 10.0. The zero-order valence-electron chi connectivity index (χ0n) is 10.5. The lowest BCUT2D eigenvalue weighted by molar-refractivity contribution is -0.140. The molecule has 0 aromatic rings. The Morgan fingerprint density at radius 1 is 1.00 bits per heavy atom. The van der Waals surface area contributed by atoms with Crippen LogP contribution in [-0.4, -0.2) is 22.2 Å². The van der Waals surface area contributed by atoms with E-state index in [-0.39, 0.29) is 5.92 Å². The van der Waals surface area contributed by atoms with Crippen LogP contribution in [0.5, 0.6) is 0 Å². The molecule has 0 radical (unpaired) electrons. The number of hydrogen-bond acceptors (Lipinski definition) is 2. The summed E-state index contributed by atoms with van der Waals surface area (Å²) in [7, 11) is 0. The van der Waals surface area contributed by atoms with Crippen molar-refractivity contribution < 1.29 is 19.8 Å². The Balaban J connectivity index is 0. The van der Waals surface area contributed by atoms with Crippen LogP contribution >= 0.6 is 0 Å². The Morgan fingerprint density at radius 2 is 1.44 bits per heavy atom. The third-order valence-corrected chi connectivity index (χ3v) is 1.99. The molecule has 0 bridgehead atoms. The van der Waals surface area contributed by atoms with Crippen molar-refractivity contribution in [2.75, 3.05) is 0 Å². The van der Waals surface area contributed by atoms with E-state index in [9.17, 15) is 9.59 Å². The van der Waals surface area contributed by atoms with Crippen LogP contribution in [0.2, 0.25) is 0 Å². The summed E-state index contributed by atoms with van der Waals surface area (Å²) in [6, 6.07) is 0. The fourth-order valence-corrected chi connectivity index (χ4v) is 0.880. The van der Waals surface area contributed by atoms with Gasteiger partial charge in [-0.3, -0.25) is 9.59 Å². The molecule has 0 aromatic carbocycles. The van der Waals surface area contributed by atoms with E-state index in [1.54, 1.807) is 13.8 Å². The fraction of sp³-hybridized carbons (Fsp3) is 0.833. The molecule has 2 N–H and O–H groups in total. The Morgan fingerprint density at radius 3 is 1.75 bits per heavy atom. The summed E-state index contributed by atoms with van der Waals surface area (Å²) in [5.74, 6) is -1.64. The Bertz CT molecular complexity index is 187. The molecule has 0 fully saturated rings. The largest absolute Gasteiger partial charge is 0.481 e. The second-order valence-corrected chi connectivity index (χ2v) is 4.05. The van der Waals surface area contributed by atoms with Crippen molar-refractivity contribution in [1.82, 2.24) is 0 Å². The average Bonchev–Trinajstić information content (AvgIpc) is 2.18. The highest BCUT2D eigenvalue weighted by atomic mass is 16.4. The van der Waals surface area contributed by atoms with Crippen molar-refractivity contribution in [3.63, 3.8) is 0 Å². The maximum Gasteiger partial charge on any atom is 0.305 e. The molecule has 0 spiro atoms. The lowest BCUT2D eigenvalue weighted by atomic mass is 10.1. The molecule has 0 aliphatic heterocycles. The monoisotopic (exact) mass is 232 g/mol. The van der Waals surface area contributed by atoms with Gasteiger partial charge in [0.15, 0.2) is 0 Å². The first-order valence-corrected chi connectivity index (χ1v) is 5.86. The van der Waals surface area contributed by atoms with E-state index in [4.69, 9.17) is 10.2 Å². The van der Waals surface area contributed by atoms with Gasteiger partial charge >= 0.3 is 11.9 Å². The number of aliphatic carboxylic acids is 2. The lowest BCUT2D eigenvalue weighted by Gasteiger charge is -1.95. The van der Waals surface area contributed by atoms with Gasteiger partial charge < -0.3 is 10.2 Å². The summed E-state index contributed by atoms with van der Waals surface area (Å²) in [5.41, 5.74) is 0. The molecular weight excluding hydrogens is 208 g/mol. The molecule has 0 aromatic heterocycles. The SMILES string of the molecule is CC(C)C(=O)O.CCCCCCCC(=O)O. The zero-order valence-corrected chi connectivity index (χ0v) is 10.5. The average molecular weight is 232 g/mol. The van der Waals surface area contributed by atoms with E-state index in [0.29, 0.717) is 6.42 Å². The molecule has 96 valence electrons. The van der Waals surface area contributed by atoms with E-state index in [1.165, 1.54) is 19.3 Å². The molecule has 0 atom stereocenters. The van der Waals surface area contributed by atoms with Crippen molar-refractivity contribution in [1.29, 1.82) is 0 Å². The molecule has 0 rings (SSSR count). The summed E-state index contributed by atoms with van der Waals surface area (Å²) >= 11 is 0. The first-order chi connectivity index (χ1) is 7.41. The third-order valence-electron chi connectivity index (χ3n) is 1.99. The number of rotatable bonds is 7. The predicted octanol–water partition coefficient (Wildman–Crippen LogP) is 3.16. The third kappa shape index (κ3) is 18.7. The summed E-state index contributed by atoms with van der Waals surface area (Å²) in [5, 5.41) is 16.3. The van der Waals surface area contributed by atoms with Crippen LogP contribution in [-0.2, 0) is 9.59 Å². The highest BCUT2D eigenvalue weighted by Gasteiger charge is 1.99. The Labute approximate surface area is 97.7 Å². The number of hydrogen-bond donors (Lipinski definition) is 2. The van der Waals surface area contributed by atoms with Crippen LogP contribution in [0.1, 0.15) is 59.3 Å². The quantitative estimate of drug-likeness (QED) is 0.661. The summed E-state index contributed by atoms with van der Waals surface area (Å²) in [6.45, 7) is 5.43. The van der Waals surface area contributed by atoms with Gasteiger partial charge in [0.25, 0.3) is 0 Å². The molecule has 0 saturated heterocycles. The number of unbranched alkanes of at least 4 members (excludes halogenated alkanes) is 4. The fourth-order valence-electron chi connectivity index (χ4n) is 0.880. The van der Waals surface area contributed by atoms with Gasteiger partial charge in [-0.25, -0.2) is 0 Å². The molecule has 0 unspecified atom stereocenters. The molecule has 0 amide bonds. The van der Waals surface area contributed by atoms with Gasteiger partial charge in [0.05, 0.1) is 5.92 Å². The van der Waals surface area contributed by atoms with Crippen molar-refractivity contribution in [3.8, 4) is 0 Å². The van der Waals surface area contributed by atoms with Gasteiger partial charge in [0.2, 0.25) is 0 Å². The highest BCUT2D eigenvalue weighted by molar-refractivity contribution is 5.68. The van der Waals surface area contributed by atoms with Crippen LogP contribution in [0, 0.1) is 5.92 Å². The van der Waals surface area contributed by atoms with Crippen LogP contribution in [0.3, 0.4) is 0 Å². The second kappa shape index (κ2) is 12.0. The van der Waals surface area contributed by atoms with Gasteiger partial charge in [-0.1, -0.05) is 46.5 Å². The molecule has 0 saturated carbocycles. The molecule has 16 heavy (non-hydrogen) atoms. The van der Waals surface area contributed by atoms with E-state index >= 15 is 0 Å². The van der Waals surface area contributed by atoms with Crippen LogP contribution in [0.4, 0.5) is 0 Å². The minimum absolute atomic E-state index is 0.231. The highest BCUT2D eigenvalue weighted by Crippen LogP contribution is 2.04. The van der Waals surface area contributed by atoms with E-state index in [2.05, 4.69) is 6.92 Å². The second-order valence-electron chi connectivity index (χ2n) is 4.05. The van der Waals surface area contributed by atoms with Crippen molar-refractivity contribution >= 4 is 11.9 Å². The first-order valence-electron chi connectivity index (χ1n) is 5.86. The molecule has 0 heterocycles. The normalized spacial score (nSPS) is 9.50. The summed E-state index contributed by atoms with van der Waals surface area (Å²) < 4.78 is 0. The van der Waals surface area contributed by atoms with Crippen LogP contribution in [0.15, 0.2) is 0 Å². The number of carboxylic acids is 2. The van der Waals surface area contributed by atoms with Crippen molar-refractivity contribution in [2.45, 2.75) is 59.3 Å². The number of carboxylic acid groups (broad SMARTS) is 2. The molecule has 0 aliphatic carbocycles.